The Morgan fingerprint density at radius 3 is 1.39 bits per heavy atom. The molecule has 135 heavy (non-hydrogen) atoms. The summed E-state index contributed by atoms with van der Waals surface area (Å²) in [6.07, 6.45) is 2.64. The first kappa shape index (κ1) is 125. The fraction of sp³-hybridized carbons (Fsp3) is 0.435. The van der Waals surface area contributed by atoms with Crippen LogP contribution in [0.4, 0.5) is 32.8 Å². The second-order valence-electron chi connectivity index (χ2n) is 30.7. The molecule has 13 rings (SSSR count). The Kier molecular flexibility index (Phi) is 57.4. The largest absolute Gasteiger partial charge is 0.480 e. The Morgan fingerprint density at radius 1 is 0.570 bits per heavy atom. The number of carboxylic acids is 1. The van der Waals surface area contributed by atoms with Crippen molar-refractivity contribution in [2.24, 2.45) is 0 Å². The van der Waals surface area contributed by atoms with Gasteiger partial charge >= 0.3 is 18.2 Å². The van der Waals surface area contributed by atoms with E-state index in [1.54, 1.807) is 138 Å². The predicted molar refractivity (Wildman–Crippen MR) is 569 cm³/mol. The lowest BCUT2D eigenvalue weighted by Gasteiger charge is -2.28. The normalized spacial score (nSPS) is 17.8. The van der Waals surface area contributed by atoms with Crippen molar-refractivity contribution in [1.29, 1.82) is 5.41 Å². The molecule has 11 atom stereocenters. The highest BCUT2D eigenvalue weighted by Crippen LogP contribution is 2.33. The first-order chi connectivity index (χ1) is 61.9. The van der Waals surface area contributed by atoms with E-state index in [0.29, 0.717) is 93.6 Å². The summed E-state index contributed by atoms with van der Waals surface area (Å²) < 4.78 is 107. The molecule has 28 nitrogen and oxygen atoms in total. The predicted octanol–water partition coefficient (Wildman–Crippen LogP) is 17.0. The molecule has 4 aliphatic rings. The summed E-state index contributed by atoms with van der Waals surface area (Å²) >= 11 is 38.8. The van der Waals surface area contributed by atoms with Gasteiger partial charge in [-0.1, -0.05) is 58.7 Å². The molecule has 0 radical (unpaired) electrons. The average molecular weight is 2390 g/mol. The number of carboxylic acid groups (broad SMARTS) is 1. The van der Waals surface area contributed by atoms with Gasteiger partial charge in [-0.3, -0.25) is 41.9 Å². The number of ketones is 2. The number of aromatic nitrogens is 10. The quantitative estimate of drug-likeness (QED) is 0.0161. The number of carbonyl (C=O) groups is 6. The van der Waals surface area contributed by atoms with Gasteiger partial charge in [-0.25, -0.2) is 67.0 Å². The number of benzene rings is 2. The van der Waals surface area contributed by atoms with E-state index in [0.717, 1.165) is 40.8 Å². The van der Waals surface area contributed by atoms with Gasteiger partial charge in [0.1, 0.15) is 106 Å². The monoisotopic (exact) mass is 2380 g/mol. The topological polar surface area (TPSA) is 371 Å². The number of hydrogen-bond acceptors (Lipinski definition) is 30. The molecule has 50 heteroatoms. The third kappa shape index (κ3) is 42.6. The Balaban J connectivity index is 0.000000568. The zero-order valence-electron chi connectivity index (χ0n) is 72.3. The summed E-state index contributed by atoms with van der Waals surface area (Å²) in [4.78, 5) is 110. The van der Waals surface area contributed by atoms with Gasteiger partial charge in [0.25, 0.3) is 0 Å². The van der Waals surface area contributed by atoms with E-state index >= 15 is 0 Å². The van der Waals surface area contributed by atoms with E-state index in [9.17, 15) is 59.0 Å². The number of halogens is 8. The van der Waals surface area contributed by atoms with Gasteiger partial charge in [-0.05, 0) is 209 Å². The Bertz CT molecular complexity index is 5660. The number of rotatable bonds is 22. The number of ether oxygens (including phenoxy) is 2. The number of carbonyl (C=O) groups excluding carboxylic acids is 5. The summed E-state index contributed by atoms with van der Waals surface area (Å²) in [5, 5.41) is 29.6. The fourth-order valence-corrected chi connectivity index (χ4v) is 19.4. The van der Waals surface area contributed by atoms with Crippen LogP contribution in [0.3, 0.4) is 0 Å². The number of likely N-dealkylation sites (tertiary alicyclic amines) is 3. The van der Waals surface area contributed by atoms with Crippen molar-refractivity contribution < 1.29 is 73.5 Å². The van der Waals surface area contributed by atoms with E-state index < -0.39 is 104 Å². The summed E-state index contributed by atoms with van der Waals surface area (Å²) in [6.45, 7) is 16.9. The summed E-state index contributed by atoms with van der Waals surface area (Å²) in [6, 6.07) is 30.6. The van der Waals surface area contributed by atoms with E-state index in [1.807, 2.05) is 51.1 Å². The van der Waals surface area contributed by atoms with E-state index in [-0.39, 0.29) is 128 Å². The van der Waals surface area contributed by atoms with Gasteiger partial charge in [-0.2, -0.15) is 18.6 Å². The first-order valence-corrected chi connectivity index (χ1v) is 55.4. The molecule has 4 aliphatic heterocycles. The number of anilines is 1. The Labute approximate surface area is 875 Å². The van der Waals surface area contributed by atoms with Crippen LogP contribution in [-0.4, -0.2) is 239 Å². The van der Waals surface area contributed by atoms with Crippen molar-refractivity contribution in [3.63, 3.8) is 0 Å². The van der Waals surface area contributed by atoms with Crippen LogP contribution in [0.5, 0.6) is 0 Å². The molecule has 11 heterocycles. The zero-order valence-corrected chi connectivity index (χ0v) is 90.3. The zero-order chi connectivity index (χ0) is 97.1. The smallest absolute Gasteiger partial charge is 0.410 e. The summed E-state index contributed by atoms with van der Waals surface area (Å²) in [5.41, 5.74) is 3.29. The van der Waals surface area contributed by atoms with Crippen molar-refractivity contribution in [2.75, 3.05) is 61.1 Å². The number of aliphatic carboxylic acids is 1. The van der Waals surface area contributed by atoms with Crippen molar-refractivity contribution in [3.05, 3.63) is 175 Å². The second kappa shape index (κ2) is 62.1. The maximum Gasteiger partial charge on any atom is 0.410 e. The molecular weight excluding hydrogens is 2280 g/mol. The minimum absolute atomic E-state index is 0. The standard InChI is InChI=1S/C26H24BrFN6O3S.C16H16N4O3.C15H20BrFN2O3S.C15H20BrFN2O2S.C10H12BrFN2OS.3CH4.S4.S3.S2.H2S/c1-15(35)26-21-8-17(18-10-29-16(2)30-11-18)6-7-22(21)34(32-26)13-25(36)33-12-19(28)9-20(33)14-38(37)24-5-3-4-23(27)31-24;1-9(21)16(17)13-5-11(12-6-18-10(2)19-7-12)3-4-14(13)20-8-15(22)23;1-15(2,3)22-14(20)19-8-10(17)7-11(19)9-23(21)13-6-4-5-12(16)18-13;1-15(2,3)21-14(20)19-8-10(17)7-11(19)9-22-13-6-4-5-12(16)18-13;11-9-2-1-3-10(14-9)16(15)6-8-4-7(12)5-13-8;;;;1-3-4-2;1-3-2;1-2;/h3-8,10-11,19-20H,9,12-14H2,1-2H3;3-7,17,20H,8H2,1-2H3,(H,22,23);4-6,10-11H,7-9H2,1-3H3;4-6,10-11H,7-9H2,1-3H3;1-3,7-8,13H,4-6H2;3*1H4;;;;1H2/t19-,20+,38?;;10-,11+,23?;10-,11+;7-,8+,16?;;;;;;;/m1.111......./s1. The number of Topliss-reactive ketones (excluding diaryl/α,β-unsaturated/α-hetero) is 2. The van der Waals surface area contributed by atoms with Crippen LogP contribution in [0.1, 0.15) is 131 Å². The number of thioether (sulfide) groups is 1. The number of aryl methyl sites for hydroxylation is 2. The number of hydrogen-bond donors (Lipinski definition) is 4. The molecule has 3 unspecified atom stereocenters. The highest BCUT2D eigenvalue weighted by atomic mass is 79.9. The average Bonchev–Trinajstić information content (AvgIpc) is 1.63. The third-order valence-corrected chi connectivity index (χ3v) is 27.7. The molecule has 0 spiro atoms. The van der Waals surface area contributed by atoms with Crippen LogP contribution in [0.25, 0.3) is 33.2 Å². The molecule has 0 aliphatic carbocycles. The lowest BCUT2D eigenvalue weighted by Crippen LogP contribution is -2.42. The van der Waals surface area contributed by atoms with E-state index in [4.69, 9.17) is 20.0 Å². The maximum absolute atomic E-state index is 14.4. The molecular formula is C85H106Br4F4N16O12S14. The van der Waals surface area contributed by atoms with E-state index in [2.05, 4.69) is 186 Å². The van der Waals surface area contributed by atoms with Gasteiger partial charge in [0.05, 0.1) is 74.1 Å². The van der Waals surface area contributed by atoms with Gasteiger partial charge in [0.2, 0.25) is 5.91 Å². The molecule has 3 amide bonds. The minimum atomic E-state index is -1.51. The Hall–Kier alpha value is -6.31. The minimum Gasteiger partial charge on any atom is -0.480 e. The number of amides is 3. The van der Waals surface area contributed by atoms with Crippen LogP contribution in [0.2, 0.25) is 0 Å². The van der Waals surface area contributed by atoms with Crippen molar-refractivity contribution in [3.8, 4) is 22.3 Å². The van der Waals surface area contributed by atoms with Crippen molar-refractivity contribution >= 4 is 273 Å². The molecule has 0 bridgehead atoms. The first-order valence-electron chi connectivity index (χ1n) is 39.3. The number of alkyl halides is 4. The summed E-state index contributed by atoms with van der Waals surface area (Å²) in [7, 11) is -0.833. The van der Waals surface area contributed by atoms with Crippen LogP contribution >= 0.6 is 89.0 Å². The molecule has 7 aromatic heterocycles. The molecule has 2 aromatic carbocycles. The lowest BCUT2D eigenvalue weighted by molar-refractivity contribution is -0.135. The van der Waals surface area contributed by atoms with Gasteiger partial charge in [0.15, 0.2) is 11.6 Å². The SMILES string of the molecule is C.C.C.CC(=O)C(=N)c1cc(-c2cnc(C)nc2)ccc1NCC(=O)O.CC(=O)c1nn(CC(=O)N2C[C@H](F)C[C@H]2CS(=O)c2cccc(Br)n2)c2ccc(-c3cnc(C)nc3)cc12.CC(C)(C)OC(=O)N1C[C@H](F)C[C@H]1CS(=O)c1cccc(Br)n1.CC(C)(C)OC(=O)N1C[C@H](F)C[C@H]1CSc1cccc(Br)n1.O=S(C[C@@H]1C[C@@H](F)CN1)c1cccc(Br)n1.S.S=S.S=S=S.S=S=S=S. The molecule has 9 aromatic rings. The van der Waals surface area contributed by atoms with Gasteiger partial charge in [-0.15, -0.1) is 11.8 Å². The number of fused-ring (bicyclic) bond motifs is 1. The maximum atomic E-state index is 14.4. The molecule has 4 saturated heterocycles. The fourth-order valence-electron chi connectivity index (χ4n) is 12.8. The molecule has 738 valence electrons. The number of nitrogens with zero attached hydrogens (tertiary/aromatic N) is 13. The summed E-state index contributed by atoms with van der Waals surface area (Å²) in [5.74, 6) is 0.514. The van der Waals surface area contributed by atoms with Gasteiger partial charge in [0, 0.05) is 222 Å². The third-order valence-electron chi connectivity index (χ3n) is 18.5. The second-order valence-corrected chi connectivity index (χ2v) is 44.7. The number of pyridine rings is 4. The van der Waals surface area contributed by atoms with E-state index in [1.165, 1.54) is 62.8 Å². The molecule has 0 saturated carbocycles. The Morgan fingerprint density at radius 2 is 0.978 bits per heavy atom. The van der Waals surface area contributed by atoms with Gasteiger partial charge < -0.3 is 39.9 Å². The van der Waals surface area contributed by atoms with Crippen molar-refractivity contribution in [2.45, 2.75) is 204 Å². The van der Waals surface area contributed by atoms with Crippen molar-refractivity contribution in [1.82, 2.24) is 69.7 Å². The lowest BCUT2D eigenvalue weighted by atomic mass is 9.99. The van der Waals surface area contributed by atoms with Crippen LogP contribution in [0.15, 0.2) is 172 Å². The number of nitrogens with one attached hydrogen (secondary N) is 3. The van der Waals surface area contributed by atoms with Crippen LogP contribution in [0, 0.1) is 19.3 Å². The van der Waals surface area contributed by atoms with Crippen LogP contribution < -0.4 is 10.6 Å². The highest BCUT2D eigenvalue weighted by Gasteiger charge is 2.41. The van der Waals surface area contributed by atoms with Crippen LogP contribution in [-0.2, 0) is 157 Å². The highest BCUT2D eigenvalue weighted by molar-refractivity contribution is 9.11. The molecule has 4 N–H and O–H groups in total. The molecule has 4 fully saturated rings.